The smallest absolute Gasteiger partial charge is 0.149 e. The Kier molecular flexibility index (Phi) is 5.52. The third-order valence-electron chi connectivity index (χ3n) is 8.75. The van der Waals surface area contributed by atoms with Crippen molar-refractivity contribution in [1.29, 1.82) is 0 Å². The fourth-order valence-corrected chi connectivity index (χ4v) is 6.72. The number of fused-ring (bicyclic) bond motifs is 8. The highest BCUT2D eigenvalue weighted by molar-refractivity contribution is 6.21. The summed E-state index contributed by atoms with van der Waals surface area (Å²) in [7, 11) is 0. The van der Waals surface area contributed by atoms with Crippen LogP contribution >= 0.6 is 0 Å². The number of furan rings is 1. The van der Waals surface area contributed by atoms with Crippen LogP contribution in [0, 0.1) is 0 Å². The van der Waals surface area contributed by atoms with Gasteiger partial charge < -0.3 is 4.42 Å². The van der Waals surface area contributed by atoms with Crippen LogP contribution in [0.1, 0.15) is 50.7 Å². The van der Waals surface area contributed by atoms with Crippen LogP contribution in [-0.4, -0.2) is 9.55 Å². The van der Waals surface area contributed by atoms with E-state index in [-0.39, 0.29) is 0 Å². The zero-order valence-corrected chi connectivity index (χ0v) is 24.3. The molecule has 0 N–H and O–H groups in total. The molecule has 0 radical (unpaired) electrons. The van der Waals surface area contributed by atoms with Crippen LogP contribution in [0.15, 0.2) is 114 Å². The van der Waals surface area contributed by atoms with Crippen molar-refractivity contribution < 1.29 is 4.42 Å². The van der Waals surface area contributed by atoms with Gasteiger partial charge in [0.25, 0.3) is 0 Å². The molecule has 204 valence electrons. The predicted octanol–water partition coefficient (Wildman–Crippen LogP) is 11.1. The van der Waals surface area contributed by atoms with Crippen LogP contribution in [0.25, 0.3) is 71.6 Å². The molecule has 3 nitrogen and oxygen atoms in total. The molecule has 0 unspecified atom stereocenters. The van der Waals surface area contributed by atoms with Gasteiger partial charge >= 0.3 is 0 Å². The number of aromatic nitrogens is 2. The maximum atomic E-state index is 6.89. The summed E-state index contributed by atoms with van der Waals surface area (Å²) in [5, 5.41) is 7.06. The van der Waals surface area contributed by atoms with Crippen molar-refractivity contribution in [3.05, 3.63) is 120 Å². The van der Waals surface area contributed by atoms with Crippen LogP contribution < -0.4 is 0 Å². The first-order valence-electron chi connectivity index (χ1n) is 14.9. The highest BCUT2D eigenvalue weighted by Crippen LogP contribution is 2.42. The Labute approximate surface area is 245 Å². The topological polar surface area (TPSA) is 31.0 Å². The average Bonchev–Trinajstić information content (AvgIpc) is 3.59. The van der Waals surface area contributed by atoms with Gasteiger partial charge in [0.1, 0.15) is 17.0 Å². The largest absolute Gasteiger partial charge is 0.455 e. The summed E-state index contributed by atoms with van der Waals surface area (Å²) in [4.78, 5) is 5.29. The lowest BCUT2D eigenvalue weighted by Crippen LogP contribution is -2.08. The standard InChI is InChI=1S/C39H32N2O/c1-23(2)26-13-9-14-27(24(3)4)36(26)41-35-18-8-7-17-34(35)40-39(41)33-16-10-15-30-32-22-21-29-28-12-6-5-11-25(28)19-20-31(29)37(32)42-38(30)33/h5-24H,1-4H3. The molecule has 0 bridgehead atoms. The molecular weight excluding hydrogens is 512 g/mol. The molecule has 2 heterocycles. The third kappa shape index (κ3) is 3.56. The summed E-state index contributed by atoms with van der Waals surface area (Å²) in [6, 6.07) is 39.1. The van der Waals surface area contributed by atoms with E-state index in [2.05, 4.69) is 141 Å². The molecule has 0 aliphatic heterocycles. The molecule has 3 heteroatoms. The lowest BCUT2D eigenvalue weighted by molar-refractivity contribution is 0.673. The normalized spacial score (nSPS) is 12.2. The molecule has 0 aliphatic rings. The molecule has 2 aromatic heterocycles. The molecule has 0 saturated carbocycles. The van der Waals surface area contributed by atoms with E-state index in [4.69, 9.17) is 9.40 Å². The highest BCUT2D eigenvalue weighted by Gasteiger charge is 2.24. The molecule has 0 fully saturated rings. The SMILES string of the molecule is CC(C)c1cccc(C(C)C)c1-n1c(-c2cccc3c2oc2c3ccc3c4ccccc4ccc32)nc2ccccc21. The van der Waals surface area contributed by atoms with Crippen LogP contribution in [0.5, 0.6) is 0 Å². The predicted molar refractivity (Wildman–Crippen MR) is 177 cm³/mol. The number of nitrogens with zero attached hydrogens (tertiary/aromatic N) is 2. The Hall–Kier alpha value is -4.89. The fraction of sp³-hybridized carbons (Fsp3) is 0.154. The summed E-state index contributed by atoms with van der Waals surface area (Å²) in [5.41, 5.74) is 8.75. The lowest BCUT2D eigenvalue weighted by Gasteiger charge is -2.22. The van der Waals surface area contributed by atoms with Crippen molar-refractivity contribution in [2.75, 3.05) is 0 Å². The Morgan fingerprint density at radius 1 is 0.548 bits per heavy atom. The number of hydrogen-bond donors (Lipinski definition) is 0. The second-order valence-electron chi connectivity index (χ2n) is 12.0. The maximum Gasteiger partial charge on any atom is 0.149 e. The Bertz CT molecular complexity index is 2290. The van der Waals surface area contributed by atoms with E-state index < -0.39 is 0 Å². The average molecular weight is 545 g/mol. The second-order valence-corrected chi connectivity index (χ2v) is 12.0. The summed E-state index contributed by atoms with van der Waals surface area (Å²) >= 11 is 0. The minimum absolute atomic E-state index is 0.357. The van der Waals surface area contributed by atoms with E-state index in [0.29, 0.717) is 11.8 Å². The van der Waals surface area contributed by atoms with Crippen LogP contribution in [0.3, 0.4) is 0 Å². The van der Waals surface area contributed by atoms with Gasteiger partial charge in [-0.05, 0) is 69.5 Å². The van der Waals surface area contributed by atoms with Gasteiger partial charge in [-0.2, -0.15) is 0 Å². The fourth-order valence-electron chi connectivity index (χ4n) is 6.72. The molecular formula is C39H32N2O. The molecule has 0 atom stereocenters. The third-order valence-corrected chi connectivity index (χ3v) is 8.75. The molecule has 0 saturated heterocycles. The Balaban J connectivity index is 1.48. The first kappa shape index (κ1) is 24.9. The van der Waals surface area contributed by atoms with Gasteiger partial charge in [0, 0.05) is 16.2 Å². The molecule has 8 rings (SSSR count). The van der Waals surface area contributed by atoms with E-state index in [1.807, 2.05) is 0 Å². The molecule has 6 aromatic carbocycles. The molecule has 8 aromatic rings. The number of imidazole rings is 1. The van der Waals surface area contributed by atoms with Crippen molar-refractivity contribution in [2.24, 2.45) is 0 Å². The number of para-hydroxylation sites is 4. The van der Waals surface area contributed by atoms with Crippen molar-refractivity contribution in [3.63, 3.8) is 0 Å². The van der Waals surface area contributed by atoms with E-state index in [0.717, 1.165) is 49.7 Å². The van der Waals surface area contributed by atoms with E-state index in [1.165, 1.54) is 33.0 Å². The van der Waals surface area contributed by atoms with E-state index >= 15 is 0 Å². The quantitative estimate of drug-likeness (QED) is 0.206. The van der Waals surface area contributed by atoms with Gasteiger partial charge in [0.15, 0.2) is 0 Å². The van der Waals surface area contributed by atoms with Crippen molar-refractivity contribution in [1.82, 2.24) is 9.55 Å². The lowest BCUT2D eigenvalue weighted by atomic mass is 9.92. The highest BCUT2D eigenvalue weighted by atomic mass is 16.3. The summed E-state index contributed by atoms with van der Waals surface area (Å²) in [6.45, 7) is 9.10. The molecule has 0 amide bonds. The van der Waals surface area contributed by atoms with Gasteiger partial charge in [0.05, 0.1) is 22.3 Å². The first-order chi connectivity index (χ1) is 20.5. The van der Waals surface area contributed by atoms with Crippen molar-refractivity contribution in [3.8, 4) is 17.1 Å². The monoisotopic (exact) mass is 544 g/mol. The molecule has 0 aliphatic carbocycles. The van der Waals surface area contributed by atoms with Crippen LogP contribution in [0.2, 0.25) is 0 Å². The van der Waals surface area contributed by atoms with E-state index in [1.54, 1.807) is 0 Å². The van der Waals surface area contributed by atoms with Gasteiger partial charge in [-0.15, -0.1) is 0 Å². The Morgan fingerprint density at radius 3 is 1.98 bits per heavy atom. The number of hydrogen-bond acceptors (Lipinski definition) is 2. The summed E-state index contributed by atoms with van der Waals surface area (Å²) < 4.78 is 9.27. The molecule has 42 heavy (non-hydrogen) atoms. The number of benzene rings is 6. The van der Waals surface area contributed by atoms with Crippen LogP contribution in [-0.2, 0) is 0 Å². The minimum Gasteiger partial charge on any atom is -0.455 e. The van der Waals surface area contributed by atoms with Crippen LogP contribution in [0.4, 0.5) is 0 Å². The van der Waals surface area contributed by atoms with Gasteiger partial charge in [-0.1, -0.05) is 107 Å². The first-order valence-corrected chi connectivity index (χ1v) is 14.9. The summed E-state index contributed by atoms with van der Waals surface area (Å²) in [6.07, 6.45) is 0. The minimum atomic E-state index is 0.357. The maximum absolute atomic E-state index is 6.89. The van der Waals surface area contributed by atoms with Crippen molar-refractivity contribution in [2.45, 2.75) is 39.5 Å². The zero-order valence-electron chi connectivity index (χ0n) is 24.3. The van der Waals surface area contributed by atoms with Gasteiger partial charge in [-0.3, -0.25) is 4.57 Å². The summed E-state index contributed by atoms with van der Waals surface area (Å²) in [5.74, 6) is 1.62. The number of rotatable bonds is 4. The molecule has 0 spiro atoms. The van der Waals surface area contributed by atoms with Gasteiger partial charge in [-0.25, -0.2) is 4.98 Å². The Morgan fingerprint density at radius 2 is 1.17 bits per heavy atom. The van der Waals surface area contributed by atoms with Gasteiger partial charge in [0.2, 0.25) is 0 Å². The van der Waals surface area contributed by atoms with Crippen molar-refractivity contribution >= 4 is 54.5 Å². The zero-order chi connectivity index (χ0) is 28.5. The second kappa shape index (κ2) is 9.32. The van der Waals surface area contributed by atoms with E-state index in [9.17, 15) is 0 Å².